The highest BCUT2D eigenvalue weighted by atomic mass is 16.4. The molecule has 1 aromatic carbocycles. The molecule has 108 valence electrons. The molecule has 5 nitrogen and oxygen atoms in total. The zero-order chi connectivity index (χ0) is 14.5. The first kappa shape index (κ1) is 14.4. The van der Waals surface area contributed by atoms with Crippen molar-refractivity contribution in [2.45, 2.75) is 26.2 Å². The number of benzene rings is 1. The lowest BCUT2D eigenvalue weighted by Crippen LogP contribution is -2.42. The molecule has 1 amide bonds. The van der Waals surface area contributed by atoms with Crippen LogP contribution in [0.25, 0.3) is 0 Å². The van der Waals surface area contributed by atoms with E-state index in [4.69, 9.17) is 10.9 Å². The highest BCUT2D eigenvalue weighted by molar-refractivity contribution is 5.88. The Morgan fingerprint density at radius 1 is 1.40 bits per heavy atom. The Morgan fingerprint density at radius 3 is 2.50 bits per heavy atom. The number of hydrogen-bond acceptors (Lipinski definition) is 3. The molecule has 0 heterocycles. The number of rotatable bonds is 5. The van der Waals surface area contributed by atoms with E-state index in [1.807, 2.05) is 19.1 Å². The highest BCUT2D eigenvalue weighted by Crippen LogP contribution is 2.27. The fourth-order valence-corrected chi connectivity index (χ4v) is 2.76. The zero-order valence-electron chi connectivity index (χ0n) is 11.7. The van der Waals surface area contributed by atoms with Crippen LogP contribution in [0.3, 0.4) is 0 Å². The number of nitrogens with two attached hydrogens (primary N) is 1. The Hall–Kier alpha value is -2.04. The van der Waals surface area contributed by atoms with Crippen molar-refractivity contribution in [2.75, 3.05) is 13.1 Å². The molecule has 3 N–H and O–H groups in total. The van der Waals surface area contributed by atoms with Crippen molar-refractivity contribution in [3.05, 3.63) is 35.4 Å². The van der Waals surface area contributed by atoms with Gasteiger partial charge in [0, 0.05) is 12.5 Å². The molecule has 0 unspecified atom stereocenters. The summed E-state index contributed by atoms with van der Waals surface area (Å²) >= 11 is 0. The fraction of sp³-hybridized carbons (Fsp3) is 0.467. The molecule has 0 saturated carbocycles. The van der Waals surface area contributed by atoms with Crippen molar-refractivity contribution < 1.29 is 10.0 Å². The van der Waals surface area contributed by atoms with Crippen LogP contribution >= 0.6 is 0 Å². The number of oxime groups is 1. The molecular formula is C15H21N3O2. The molecule has 0 bridgehead atoms. The van der Waals surface area contributed by atoms with E-state index in [9.17, 15) is 4.79 Å². The van der Waals surface area contributed by atoms with Gasteiger partial charge in [0.2, 0.25) is 5.91 Å². The van der Waals surface area contributed by atoms with Crippen LogP contribution in [-0.2, 0) is 17.6 Å². The average molecular weight is 275 g/mol. The Bertz CT molecular complexity index is 489. The minimum Gasteiger partial charge on any atom is -0.409 e. The molecule has 1 aliphatic rings. The van der Waals surface area contributed by atoms with Gasteiger partial charge in [-0.05, 0) is 30.4 Å². The topological polar surface area (TPSA) is 78.9 Å². The predicted molar refractivity (Wildman–Crippen MR) is 77.6 cm³/mol. The summed E-state index contributed by atoms with van der Waals surface area (Å²) in [6.45, 7) is 2.83. The summed E-state index contributed by atoms with van der Waals surface area (Å²) in [7, 11) is 0. The van der Waals surface area contributed by atoms with Crippen LogP contribution in [-0.4, -0.2) is 34.9 Å². The van der Waals surface area contributed by atoms with E-state index in [1.54, 1.807) is 4.90 Å². The van der Waals surface area contributed by atoms with E-state index in [1.165, 1.54) is 11.1 Å². The second kappa shape index (κ2) is 6.41. The normalized spacial score (nSPS) is 15.2. The van der Waals surface area contributed by atoms with Crippen molar-refractivity contribution in [1.29, 1.82) is 0 Å². The summed E-state index contributed by atoms with van der Waals surface area (Å²) in [6, 6.07) is 8.17. The summed E-state index contributed by atoms with van der Waals surface area (Å²) < 4.78 is 0. The SMILES string of the molecule is CCCN(C/C(N)=N/O)C(=O)C1Cc2ccccc2C1. The molecule has 1 aliphatic carbocycles. The zero-order valence-corrected chi connectivity index (χ0v) is 11.7. The number of fused-ring (bicyclic) bond motifs is 1. The number of carbonyl (C=O) groups excluding carboxylic acids is 1. The highest BCUT2D eigenvalue weighted by Gasteiger charge is 2.30. The Balaban J connectivity index is 2.06. The molecule has 1 aromatic rings. The van der Waals surface area contributed by atoms with Crippen molar-refractivity contribution in [2.24, 2.45) is 16.8 Å². The number of nitrogens with zero attached hydrogens (tertiary/aromatic N) is 2. The third-order valence-electron chi connectivity index (χ3n) is 3.69. The van der Waals surface area contributed by atoms with Gasteiger partial charge < -0.3 is 15.8 Å². The van der Waals surface area contributed by atoms with E-state index in [0.717, 1.165) is 19.3 Å². The Labute approximate surface area is 119 Å². The van der Waals surface area contributed by atoms with Crippen LogP contribution in [0.4, 0.5) is 0 Å². The molecule has 0 saturated heterocycles. The molecule has 0 spiro atoms. The standard InChI is InChI=1S/C15H21N3O2/c1-2-7-18(10-14(16)17-20)15(19)13-8-11-5-3-4-6-12(11)9-13/h3-6,13,20H,2,7-10H2,1H3,(H2,16,17). The Kier molecular flexibility index (Phi) is 4.61. The van der Waals surface area contributed by atoms with Gasteiger partial charge in [0.1, 0.15) is 0 Å². The molecule has 20 heavy (non-hydrogen) atoms. The maximum atomic E-state index is 12.6. The van der Waals surface area contributed by atoms with Gasteiger partial charge in [-0.15, -0.1) is 0 Å². The van der Waals surface area contributed by atoms with Gasteiger partial charge in [-0.1, -0.05) is 36.3 Å². The number of amides is 1. The second-order valence-electron chi connectivity index (χ2n) is 5.23. The van der Waals surface area contributed by atoms with Crippen LogP contribution in [0.15, 0.2) is 29.4 Å². The van der Waals surface area contributed by atoms with Crippen LogP contribution in [0.1, 0.15) is 24.5 Å². The lowest BCUT2D eigenvalue weighted by molar-refractivity contribution is -0.134. The monoisotopic (exact) mass is 275 g/mol. The van der Waals surface area contributed by atoms with Gasteiger partial charge in [-0.25, -0.2) is 0 Å². The minimum absolute atomic E-state index is 0.0227. The fourth-order valence-electron chi connectivity index (χ4n) is 2.76. The molecule has 0 fully saturated rings. The number of hydrogen-bond donors (Lipinski definition) is 2. The van der Waals surface area contributed by atoms with Crippen molar-refractivity contribution in [3.63, 3.8) is 0 Å². The number of carbonyl (C=O) groups is 1. The predicted octanol–water partition coefficient (Wildman–Crippen LogP) is 1.39. The molecule has 5 heteroatoms. The van der Waals surface area contributed by atoms with Crippen LogP contribution in [0.5, 0.6) is 0 Å². The molecule has 0 radical (unpaired) electrons. The van der Waals surface area contributed by atoms with Crippen LogP contribution < -0.4 is 5.73 Å². The van der Waals surface area contributed by atoms with E-state index in [0.29, 0.717) is 6.54 Å². The lowest BCUT2D eigenvalue weighted by Gasteiger charge is -2.24. The molecule has 0 aromatic heterocycles. The van der Waals surface area contributed by atoms with Gasteiger partial charge in [-0.3, -0.25) is 4.79 Å². The third-order valence-corrected chi connectivity index (χ3v) is 3.69. The van der Waals surface area contributed by atoms with Crippen LogP contribution in [0.2, 0.25) is 0 Å². The first-order valence-electron chi connectivity index (χ1n) is 6.97. The summed E-state index contributed by atoms with van der Waals surface area (Å²) in [5.74, 6) is 0.141. The van der Waals surface area contributed by atoms with Crippen molar-refractivity contribution in [3.8, 4) is 0 Å². The second-order valence-corrected chi connectivity index (χ2v) is 5.23. The van der Waals surface area contributed by atoms with Gasteiger partial charge >= 0.3 is 0 Å². The molecular weight excluding hydrogens is 254 g/mol. The van der Waals surface area contributed by atoms with E-state index >= 15 is 0 Å². The van der Waals surface area contributed by atoms with Crippen molar-refractivity contribution in [1.82, 2.24) is 4.90 Å². The summed E-state index contributed by atoms with van der Waals surface area (Å²) in [4.78, 5) is 14.3. The summed E-state index contributed by atoms with van der Waals surface area (Å²) in [6.07, 6.45) is 2.42. The maximum Gasteiger partial charge on any atom is 0.226 e. The summed E-state index contributed by atoms with van der Waals surface area (Å²) in [5, 5.41) is 11.6. The largest absolute Gasteiger partial charge is 0.409 e. The van der Waals surface area contributed by atoms with Gasteiger partial charge in [0.25, 0.3) is 0 Å². The van der Waals surface area contributed by atoms with Crippen molar-refractivity contribution >= 4 is 11.7 Å². The first-order valence-corrected chi connectivity index (χ1v) is 6.97. The average Bonchev–Trinajstić information content (AvgIpc) is 2.89. The van der Waals surface area contributed by atoms with E-state index in [2.05, 4.69) is 17.3 Å². The minimum atomic E-state index is -0.0227. The smallest absolute Gasteiger partial charge is 0.226 e. The Morgan fingerprint density at radius 2 is 2.00 bits per heavy atom. The molecule has 0 aliphatic heterocycles. The van der Waals surface area contributed by atoms with Gasteiger partial charge in [-0.2, -0.15) is 0 Å². The van der Waals surface area contributed by atoms with Gasteiger partial charge in [0.15, 0.2) is 5.84 Å². The van der Waals surface area contributed by atoms with Crippen LogP contribution in [0, 0.1) is 5.92 Å². The van der Waals surface area contributed by atoms with E-state index < -0.39 is 0 Å². The third kappa shape index (κ3) is 3.10. The quantitative estimate of drug-likeness (QED) is 0.369. The molecule has 2 rings (SSSR count). The maximum absolute atomic E-state index is 12.6. The molecule has 0 atom stereocenters. The van der Waals surface area contributed by atoms with Gasteiger partial charge in [0.05, 0.1) is 6.54 Å². The van der Waals surface area contributed by atoms with E-state index in [-0.39, 0.29) is 24.2 Å². The lowest BCUT2D eigenvalue weighted by atomic mass is 10.0. The summed E-state index contributed by atoms with van der Waals surface area (Å²) in [5.41, 5.74) is 8.04. The first-order chi connectivity index (χ1) is 9.65. The number of amidine groups is 1.